The van der Waals surface area contributed by atoms with Gasteiger partial charge in [0.2, 0.25) is 5.91 Å². The number of carboxylic acids is 1. The molecular formula is C19H35N3O3. The average Bonchev–Trinajstić information content (AvgIpc) is 2.81. The summed E-state index contributed by atoms with van der Waals surface area (Å²) >= 11 is 0. The highest BCUT2D eigenvalue weighted by Crippen LogP contribution is 2.25. The summed E-state index contributed by atoms with van der Waals surface area (Å²) in [6, 6.07) is 0.301. The fraction of sp³-hybridized carbons (Fsp3) is 0.895. The highest BCUT2D eigenvalue weighted by Gasteiger charge is 2.22. The number of aliphatic carboxylic acids is 1. The number of carbonyl (C=O) groups excluding carboxylic acids is 1. The van der Waals surface area contributed by atoms with E-state index in [1.54, 1.807) is 0 Å². The topological polar surface area (TPSA) is 72.9 Å². The van der Waals surface area contributed by atoms with Crippen molar-refractivity contribution in [2.45, 2.75) is 63.8 Å². The van der Waals surface area contributed by atoms with Crippen molar-refractivity contribution in [1.29, 1.82) is 0 Å². The molecule has 0 radical (unpaired) electrons. The first-order valence-electron chi connectivity index (χ1n) is 9.95. The maximum Gasteiger partial charge on any atom is 0.317 e. The SMILES string of the molecule is CN(CC(=O)O)C1CCCN(CC(=O)NCCC2CCCCC2)CC1. The molecule has 0 bridgehead atoms. The quantitative estimate of drug-likeness (QED) is 0.698. The predicted octanol–water partition coefficient (Wildman–Crippen LogP) is 1.94. The van der Waals surface area contributed by atoms with E-state index in [2.05, 4.69) is 10.2 Å². The fourth-order valence-corrected chi connectivity index (χ4v) is 4.23. The number of hydrogen-bond acceptors (Lipinski definition) is 4. The lowest BCUT2D eigenvalue weighted by Gasteiger charge is -2.25. The van der Waals surface area contributed by atoms with E-state index in [0.717, 1.165) is 51.2 Å². The van der Waals surface area contributed by atoms with Gasteiger partial charge in [-0.2, -0.15) is 0 Å². The van der Waals surface area contributed by atoms with E-state index in [0.29, 0.717) is 12.6 Å². The Morgan fingerprint density at radius 2 is 1.84 bits per heavy atom. The lowest BCUT2D eigenvalue weighted by atomic mass is 9.87. The Morgan fingerprint density at radius 3 is 2.56 bits per heavy atom. The average molecular weight is 354 g/mol. The molecule has 0 aromatic heterocycles. The molecule has 1 amide bonds. The first-order valence-corrected chi connectivity index (χ1v) is 9.95. The number of hydrogen-bond donors (Lipinski definition) is 2. The maximum absolute atomic E-state index is 12.2. The Hall–Kier alpha value is -1.14. The molecule has 1 saturated heterocycles. The van der Waals surface area contributed by atoms with Gasteiger partial charge in [0.1, 0.15) is 0 Å². The molecule has 2 fully saturated rings. The zero-order valence-corrected chi connectivity index (χ0v) is 15.7. The third-order valence-electron chi connectivity index (χ3n) is 5.76. The van der Waals surface area contributed by atoms with Gasteiger partial charge in [0.05, 0.1) is 13.1 Å². The third-order valence-corrected chi connectivity index (χ3v) is 5.76. The van der Waals surface area contributed by atoms with E-state index in [1.165, 1.54) is 32.1 Å². The highest BCUT2D eigenvalue weighted by atomic mass is 16.4. The zero-order chi connectivity index (χ0) is 18.1. The van der Waals surface area contributed by atoms with Gasteiger partial charge in [0.15, 0.2) is 0 Å². The molecule has 2 N–H and O–H groups in total. The fourth-order valence-electron chi connectivity index (χ4n) is 4.23. The van der Waals surface area contributed by atoms with Crippen LogP contribution in [0.4, 0.5) is 0 Å². The predicted molar refractivity (Wildman–Crippen MR) is 98.5 cm³/mol. The van der Waals surface area contributed by atoms with Crippen LogP contribution in [-0.2, 0) is 9.59 Å². The van der Waals surface area contributed by atoms with Gasteiger partial charge in [-0.1, -0.05) is 32.1 Å². The van der Waals surface area contributed by atoms with Crippen LogP contribution in [0.1, 0.15) is 57.8 Å². The van der Waals surface area contributed by atoms with Gasteiger partial charge in [-0.05, 0) is 45.2 Å². The standard InChI is InChI=1S/C19H35N3O3/c1-21(15-19(24)25)17-8-5-12-22(13-10-17)14-18(23)20-11-9-16-6-3-2-4-7-16/h16-17H,2-15H2,1H3,(H,20,23)(H,24,25). The van der Waals surface area contributed by atoms with Crippen molar-refractivity contribution in [3.8, 4) is 0 Å². The van der Waals surface area contributed by atoms with Crippen LogP contribution in [0.5, 0.6) is 0 Å². The van der Waals surface area contributed by atoms with E-state index >= 15 is 0 Å². The van der Waals surface area contributed by atoms with Crippen LogP contribution in [0.25, 0.3) is 0 Å². The summed E-state index contributed by atoms with van der Waals surface area (Å²) in [4.78, 5) is 27.2. The molecule has 6 nitrogen and oxygen atoms in total. The summed E-state index contributed by atoms with van der Waals surface area (Å²) in [7, 11) is 1.88. The molecule has 1 heterocycles. The first kappa shape index (κ1) is 20.2. The Balaban J connectivity index is 1.63. The Bertz CT molecular complexity index is 424. The van der Waals surface area contributed by atoms with E-state index in [1.807, 2.05) is 11.9 Å². The Morgan fingerprint density at radius 1 is 1.08 bits per heavy atom. The van der Waals surface area contributed by atoms with Crippen molar-refractivity contribution in [3.63, 3.8) is 0 Å². The lowest BCUT2D eigenvalue weighted by molar-refractivity contribution is -0.138. The molecule has 144 valence electrons. The van der Waals surface area contributed by atoms with Crippen molar-refractivity contribution < 1.29 is 14.7 Å². The second-order valence-electron chi connectivity index (χ2n) is 7.81. The van der Waals surface area contributed by atoms with Gasteiger partial charge >= 0.3 is 5.97 Å². The summed E-state index contributed by atoms with van der Waals surface area (Å²) < 4.78 is 0. The van der Waals surface area contributed by atoms with Gasteiger partial charge in [-0.25, -0.2) is 0 Å². The highest BCUT2D eigenvalue weighted by molar-refractivity contribution is 5.77. The maximum atomic E-state index is 12.2. The summed E-state index contributed by atoms with van der Waals surface area (Å²) in [5.74, 6) is 0.159. The number of amides is 1. The van der Waals surface area contributed by atoms with Crippen LogP contribution >= 0.6 is 0 Å². The summed E-state index contributed by atoms with van der Waals surface area (Å²) in [6.45, 7) is 3.16. The van der Waals surface area contributed by atoms with Crippen molar-refractivity contribution >= 4 is 11.9 Å². The summed E-state index contributed by atoms with van der Waals surface area (Å²) in [5.41, 5.74) is 0. The molecule has 6 heteroatoms. The molecule has 25 heavy (non-hydrogen) atoms. The minimum Gasteiger partial charge on any atom is -0.480 e. The van der Waals surface area contributed by atoms with Crippen molar-refractivity contribution in [2.24, 2.45) is 5.92 Å². The van der Waals surface area contributed by atoms with E-state index in [4.69, 9.17) is 5.11 Å². The number of carboxylic acid groups (broad SMARTS) is 1. The third kappa shape index (κ3) is 7.74. The van der Waals surface area contributed by atoms with Gasteiger partial charge in [0.25, 0.3) is 0 Å². The molecule has 0 spiro atoms. The number of likely N-dealkylation sites (tertiary alicyclic amines) is 1. The summed E-state index contributed by atoms with van der Waals surface area (Å²) in [6.07, 6.45) is 10.8. The van der Waals surface area contributed by atoms with Crippen LogP contribution in [0, 0.1) is 5.92 Å². The molecular weight excluding hydrogens is 318 g/mol. The second-order valence-corrected chi connectivity index (χ2v) is 7.81. The number of likely N-dealkylation sites (N-methyl/N-ethyl adjacent to an activating group) is 1. The molecule has 1 aliphatic carbocycles. The zero-order valence-electron chi connectivity index (χ0n) is 15.7. The van der Waals surface area contributed by atoms with Gasteiger partial charge < -0.3 is 10.4 Å². The molecule has 1 atom stereocenters. The number of nitrogens with zero attached hydrogens (tertiary/aromatic N) is 2. The van der Waals surface area contributed by atoms with Crippen LogP contribution < -0.4 is 5.32 Å². The number of carbonyl (C=O) groups is 2. The van der Waals surface area contributed by atoms with Gasteiger partial charge in [-0.3, -0.25) is 19.4 Å². The summed E-state index contributed by atoms with van der Waals surface area (Å²) in [5, 5.41) is 12.0. The van der Waals surface area contributed by atoms with Crippen molar-refractivity contribution in [1.82, 2.24) is 15.1 Å². The molecule has 2 rings (SSSR count). The van der Waals surface area contributed by atoms with E-state index in [-0.39, 0.29) is 12.5 Å². The van der Waals surface area contributed by atoms with E-state index < -0.39 is 5.97 Å². The molecule has 0 aromatic rings. The second kappa shape index (κ2) is 10.8. The van der Waals surface area contributed by atoms with E-state index in [9.17, 15) is 9.59 Å². The smallest absolute Gasteiger partial charge is 0.317 e. The lowest BCUT2D eigenvalue weighted by Crippen LogP contribution is -2.39. The number of rotatable bonds is 8. The molecule has 1 saturated carbocycles. The van der Waals surface area contributed by atoms with Gasteiger partial charge in [-0.15, -0.1) is 0 Å². The molecule has 1 unspecified atom stereocenters. The van der Waals surface area contributed by atoms with Crippen LogP contribution in [0.2, 0.25) is 0 Å². The minimum absolute atomic E-state index is 0.0896. The Kier molecular flexibility index (Phi) is 8.68. The van der Waals surface area contributed by atoms with Crippen LogP contribution in [-0.4, -0.2) is 72.6 Å². The van der Waals surface area contributed by atoms with Gasteiger partial charge in [0, 0.05) is 19.1 Å². The first-order chi connectivity index (χ1) is 12.0. The van der Waals surface area contributed by atoms with Crippen molar-refractivity contribution in [3.05, 3.63) is 0 Å². The molecule has 2 aliphatic rings. The number of nitrogens with one attached hydrogen (secondary N) is 1. The Labute approximate surface area is 151 Å². The van der Waals surface area contributed by atoms with Crippen molar-refractivity contribution in [2.75, 3.05) is 39.8 Å². The molecule has 1 aliphatic heterocycles. The molecule has 0 aromatic carbocycles. The monoisotopic (exact) mass is 353 g/mol. The van der Waals surface area contributed by atoms with Crippen LogP contribution in [0.3, 0.4) is 0 Å². The van der Waals surface area contributed by atoms with Crippen LogP contribution in [0.15, 0.2) is 0 Å². The largest absolute Gasteiger partial charge is 0.480 e. The normalized spacial score (nSPS) is 23.4. The minimum atomic E-state index is -0.777.